The molecule has 2 heteroatoms. The predicted molar refractivity (Wildman–Crippen MR) is 86.5 cm³/mol. The first-order valence-electron chi connectivity index (χ1n) is 6.32. The molecule has 92 valence electrons. The van der Waals surface area contributed by atoms with Crippen molar-refractivity contribution in [2.75, 3.05) is 0 Å². The van der Waals surface area contributed by atoms with E-state index in [1.54, 1.807) is 0 Å². The van der Waals surface area contributed by atoms with Gasteiger partial charge in [-0.1, -0.05) is 36.4 Å². The molecule has 0 atom stereocenters. The second-order valence-corrected chi connectivity index (χ2v) is 6.51. The van der Waals surface area contributed by atoms with Gasteiger partial charge in [-0.2, -0.15) is 0 Å². The molecule has 0 saturated heterocycles. The minimum Gasteiger partial charge on any atom is -0.144 e. The Bertz CT molecular complexity index is 780. The topological polar surface area (TPSA) is 0 Å². The van der Waals surface area contributed by atoms with Crippen LogP contribution in [0.3, 0.4) is 0 Å². The highest BCUT2D eigenvalue weighted by Gasteiger charge is 2.08. The van der Waals surface area contributed by atoms with Crippen molar-refractivity contribution in [1.82, 2.24) is 0 Å². The van der Waals surface area contributed by atoms with E-state index in [9.17, 15) is 0 Å². The quantitative estimate of drug-likeness (QED) is 0.441. The SMILES string of the molecule is c1ccc2c(Cc3csc4ccccc34)csc2c1. The maximum Gasteiger partial charge on any atom is 0.0345 e. The summed E-state index contributed by atoms with van der Waals surface area (Å²) < 4.78 is 2.77. The molecule has 0 N–H and O–H groups in total. The van der Waals surface area contributed by atoms with Crippen molar-refractivity contribution in [1.29, 1.82) is 0 Å². The summed E-state index contributed by atoms with van der Waals surface area (Å²) in [6.45, 7) is 0. The second-order valence-electron chi connectivity index (χ2n) is 4.69. The Hall–Kier alpha value is -1.64. The van der Waals surface area contributed by atoms with E-state index in [0.29, 0.717) is 0 Å². The van der Waals surface area contributed by atoms with Crippen molar-refractivity contribution in [3.05, 3.63) is 70.4 Å². The van der Waals surface area contributed by atoms with Gasteiger partial charge < -0.3 is 0 Å². The molecule has 0 fully saturated rings. The molecule has 0 aliphatic carbocycles. The molecule has 2 heterocycles. The third-order valence-corrected chi connectivity index (χ3v) is 5.53. The first-order chi connectivity index (χ1) is 9.42. The highest BCUT2D eigenvalue weighted by Crippen LogP contribution is 2.32. The van der Waals surface area contributed by atoms with Gasteiger partial charge in [-0.05, 0) is 44.8 Å². The van der Waals surface area contributed by atoms with Gasteiger partial charge in [0.15, 0.2) is 0 Å². The molecule has 0 unspecified atom stereocenters. The lowest BCUT2D eigenvalue weighted by Crippen LogP contribution is -1.84. The first-order valence-corrected chi connectivity index (χ1v) is 8.08. The number of rotatable bonds is 2. The number of hydrogen-bond donors (Lipinski definition) is 0. The molecule has 2 aromatic heterocycles. The van der Waals surface area contributed by atoms with Gasteiger partial charge >= 0.3 is 0 Å². The Labute approximate surface area is 119 Å². The fraction of sp³-hybridized carbons (Fsp3) is 0.0588. The van der Waals surface area contributed by atoms with Gasteiger partial charge in [-0.3, -0.25) is 0 Å². The van der Waals surface area contributed by atoms with Crippen LogP contribution >= 0.6 is 22.7 Å². The molecule has 0 bridgehead atoms. The molecule has 0 amide bonds. The summed E-state index contributed by atoms with van der Waals surface area (Å²) in [6, 6.07) is 17.4. The van der Waals surface area contributed by atoms with Crippen LogP contribution in [0.4, 0.5) is 0 Å². The fourth-order valence-electron chi connectivity index (χ4n) is 2.54. The molecule has 0 spiro atoms. The summed E-state index contributed by atoms with van der Waals surface area (Å²) in [5.74, 6) is 0. The first kappa shape index (κ1) is 11.2. The molecule has 0 nitrogen and oxygen atoms in total. The molecule has 2 aromatic carbocycles. The van der Waals surface area contributed by atoms with Crippen molar-refractivity contribution >= 4 is 42.8 Å². The van der Waals surface area contributed by atoms with E-state index < -0.39 is 0 Å². The molecule has 4 aromatic rings. The predicted octanol–water partition coefficient (Wildman–Crippen LogP) is 5.71. The average Bonchev–Trinajstić information content (AvgIpc) is 3.05. The maximum atomic E-state index is 2.30. The average molecular weight is 280 g/mol. The van der Waals surface area contributed by atoms with E-state index in [4.69, 9.17) is 0 Å². The standard InChI is InChI=1S/C17H12S2/c1-3-7-16-14(5-1)12(10-18-16)9-13-11-19-17-8-4-2-6-15(13)17/h1-8,10-11H,9H2. The van der Waals surface area contributed by atoms with Gasteiger partial charge in [0, 0.05) is 15.8 Å². The van der Waals surface area contributed by atoms with Crippen LogP contribution in [0.25, 0.3) is 20.2 Å². The van der Waals surface area contributed by atoms with Gasteiger partial charge in [0.05, 0.1) is 0 Å². The number of benzene rings is 2. The van der Waals surface area contributed by atoms with Crippen molar-refractivity contribution in [2.24, 2.45) is 0 Å². The summed E-state index contributed by atoms with van der Waals surface area (Å²) >= 11 is 3.69. The van der Waals surface area contributed by atoms with Crippen LogP contribution in [-0.2, 0) is 6.42 Å². The minimum atomic E-state index is 1.04. The Morgan fingerprint density at radius 1 is 0.632 bits per heavy atom. The number of fused-ring (bicyclic) bond motifs is 2. The van der Waals surface area contributed by atoms with Gasteiger partial charge in [-0.15, -0.1) is 22.7 Å². The van der Waals surface area contributed by atoms with E-state index in [1.165, 1.54) is 31.3 Å². The lowest BCUT2D eigenvalue weighted by Gasteiger charge is -1.99. The van der Waals surface area contributed by atoms with Crippen LogP contribution in [0.1, 0.15) is 11.1 Å². The van der Waals surface area contributed by atoms with E-state index in [2.05, 4.69) is 59.3 Å². The van der Waals surface area contributed by atoms with Crippen molar-refractivity contribution in [3.8, 4) is 0 Å². The number of hydrogen-bond acceptors (Lipinski definition) is 2. The zero-order valence-corrected chi connectivity index (χ0v) is 11.9. The van der Waals surface area contributed by atoms with Crippen LogP contribution < -0.4 is 0 Å². The molecule has 0 aliphatic heterocycles. The van der Waals surface area contributed by atoms with Gasteiger partial charge in [0.25, 0.3) is 0 Å². The minimum absolute atomic E-state index is 1.04. The largest absolute Gasteiger partial charge is 0.144 e. The van der Waals surface area contributed by atoms with E-state index >= 15 is 0 Å². The Balaban J connectivity index is 1.82. The van der Waals surface area contributed by atoms with Crippen LogP contribution in [0.2, 0.25) is 0 Å². The molecule has 0 radical (unpaired) electrons. The third kappa shape index (κ3) is 1.88. The van der Waals surface area contributed by atoms with Crippen molar-refractivity contribution in [3.63, 3.8) is 0 Å². The number of thiophene rings is 2. The van der Waals surface area contributed by atoms with E-state index in [0.717, 1.165) is 6.42 Å². The highest BCUT2D eigenvalue weighted by molar-refractivity contribution is 7.17. The monoisotopic (exact) mass is 280 g/mol. The summed E-state index contributed by atoms with van der Waals surface area (Å²) in [7, 11) is 0. The van der Waals surface area contributed by atoms with Crippen molar-refractivity contribution in [2.45, 2.75) is 6.42 Å². The van der Waals surface area contributed by atoms with E-state index in [-0.39, 0.29) is 0 Å². The molecule has 0 saturated carbocycles. The Kier molecular flexibility index (Phi) is 2.64. The molecule has 19 heavy (non-hydrogen) atoms. The molecule has 0 aliphatic rings. The van der Waals surface area contributed by atoms with Gasteiger partial charge in [-0.25, -0.2) is 0 Å². The molecular weight excluding hydrogens is 268 g/mol. The van der Waals surface area contributed by atoms with Crippen molar-refractivity contribution < 1.29 is 0 Å². The van der Waals surface area contributed by atoms with Crippen LogP contribution in [0.5, 0.6) is 0 Å². The zero-order chi connectivity index (χ0) is 12.7. The third-order valence-electron chi connectivity index (χ3n) is 3.50. The molecule has 4 rings (SSSR count). The highest BCUT2D eigenvalue weighted by atomic mass is 32.1. The lowest BCUT2D eigenvalue weighted by atomic mass is 10.0. The summed E-state index contributed by atoms with van der Waals surface area (Å²) in [6.07, 6.45) is 1.04. The van der Waals surface area contributed by atoms with Gasteiger partial charge in [0.1, 0.15) is 0 Å². The zero-order valence-electron chi connectivity index (χ0n) is 10.3. The smallest absolute Gasteiger partial charge is 0.0345 e. The second kappa shape index (κ2) is 4.48. The normalized spacial score (nSPS) is 11.4. The maximum absolute atomic E-state index is 2.30. The fourth-order valence-corrected chi connectivity index (χ4v) is 4.47. The summed E-state index contributed by atoms with van der Waals surface area (Å²) in [5, 5.41) is 7.42. The Morgan fingerprint density at radius 3 is 1.63 bits per heavy atom. The van der Waals surface area contributed by atoms with E-state index in [1.807, 2.05) is 22.7 Å². The summed E-state index contributed by atoms with van der Waals surface area (Å²) in [5.41, 5.74) is 2.90. The van der Waals surface area contributed by atoms with Gasteiger partial charge in [0.2, 0.25) is 0 Å². The Morgan fingerprint density at radius 2 is 1.11 bits per heavy atom. The lowest BCUT2D eigenvalue weighted by molar-refractivity contribution is 1.27. The van der Waals surface area contributed by atoms with Crippen LogP contribution in [0.15, 0.2) is 59.3 Å². The van der Waals surface area contributed by atoms with Crippen LogP contribution in [-0.4, -0.2) is 0 Å². The van der Waals surface area contributed by atoms with Crippen LogP contribution in [0, 0.1) is 0 Å². The molecular formula is C17H12S2. The summed E-state index contributed by atoms with van der Waals surface area (Å²) in [4.78, 5) is 0.